The predicted molar refractivity (Wildman–Crippen MR) is 54.2 cm³/mol. The molecule has 0 spiro atoms. The highest BCUT2D eigenvalue weighted by Gasteiger charge is 2.39. The lowest BCUT2D eigenvalue weighted by molar-refractivity contribution is -0.000786. The molecule has 74 valence electrons. The van der Waals surface area contributed by atoms with Gasteiger partial charge in [0.15, 0.2) is 0 Å². The molecule has 1 aromatic rings. The second-order valence-corrected chi connectivity index (χ2v) is 4.02. The Balaban J connectivity index is 2.62. The van der Waals surface area contributed by atoms with Crippen molar-refractivity contribution in [1.82, 2.24) is 0 Å². The molecule has 1 heterocycles. The Kier molecular flexibility index (Phi) is 1.88. The van der Waals surface area contributed by atoms with Crippen LogP contribution in [0.3, 0.4) is 0 Å². The van der Waals surface area contributed by atoms with Crippen molar-refractivity contribution in [1.29, 1.82) is 0 Å². The molecule has 0 aliphatic carbocycles. The van der Waals surface area contributed by atoms with Crippen LogP contribution in [0.4, 0.5) is 0 Å². The van der Waals surface area contributed by atoms with Crippen LogP contribution in [0.5, 0.6) is 0 Å². The first-order chi connectivity index (χ1) is 6.57. The molecule has 0 bridgehead atoms. The van der Waals surface area contributed by atoms with Crippen LogP contribution in [0, 0.1) is 6.92 Å². The van der Waals surface area contributed by atoms with Gasteiger partial charge in [0.1, 0.15) is 5.60 Å². The van der Waals surface area contributed by atoms with Gasteiger partial charge in [-0.3, -0.25) is 0 Å². The molecule has 0 N–H and O–H groups in total. The molecule has 0 saturated carbocycles. The molecule has 0 aromatic heterocycles. The van der Waals surface area contributed by atoms with Crippen molar-refractivity contribution in [3.05, 3.63) is 34.9 Å². The average Bonchev–Trinajstić information content (AvgIpc) is 2.40. The first-order valence-electron chi connectivity index (χ1n) is 4.91. The van der Waals surface area contributed by atoms with Gasteiger partial charge in [-0.15, -0.1) is 0 Å². The quantitative estimate of drug-likeness (QED) is 0.636. The number of fused-ring (bicyclic) bond motifs is 1. The SMILES string of the molecule is CCC1(C)OC(=O)c2ccc(C)cc21. The first kappa shape index (κ1) is 9.25. The summed E-state index contributed by atoms with van der Waals surface area (Å²) in [5, 5.41) is 0. The van der Waals surface area contributed by atoms with Crippen LogP contribution in [0.25, 0.3) is 0 Å². The van der Waals surface area contributed by atoms with E-state index in [4.69, 9.17) is 4.74 Å². The van der Waals surface area contributed by atoms with Crippen molar-refractivity contribution in [2.24, 2.45) is 0 Å². The molecule has 0 fully saturated rings. The lowest BCUT2D eigenvalue weighted by atomic mass is 9.91. The van der Waals surface area contributed by atoms with Gasteiger partial charge < -0.3 is 4.74 Å². The first-order valence-corrected chi connectivity index (χ1v) is 4.91. The minimum Gasteiger partial charge on any atom is -0.451 e. The summed E-state index contributed by atoms with van der Waals surface area (Å²) in [5.41, 5.74) is 2.50. The summed E-state index contributed by atoms with van der Waals surface area (Å²) in [4.78, 5) is 11.5. The normalized spacial score (nSPS) is 24.6. The third-order valence-corrected chi connectivity index (χ3v) is 2.96. The molecular formula is C12H14O2. The molecule has 14 heavy (non-hydrogen) atoms. The predicted octanol–water partition coefficient (Wildman–Crippen LogP) is 2.79. The maximum absolute atomic E-state index is 11.5. The van der Waals surface area contributed by atoms with Gasteiger partial charge in [-0.05, 0) is 26.3 Å². The van der Waals surface area contributed by atoms with Gasteiger partial charge in [0.05, 0.1) is 5.56 Å². The van der Waals surface area contributed by atoms with E-state index in [1.807, 2.05) is 39.0 Å². The maximum Gasteiger partial charge on any atom is 0.339 e. The van der Waals surface area contributed by atoms with Crippen LogP contribution < -0.4 is 0 Å². The van der Waals surface area contributed by atoms with Gasteiger partial charge >= 0.3 is 5.97 Å². The standard InChI is InChI=1S/C12H14O2/c1-4-12(3)10-7-8(2)5-6-9(10)11(13)14-12/h5-7H,4H2,1-3H3. The van der Waals surface area contributed by atoms with E-state index in [9.17, 15) is 4.79 Å². The van der Waals surface area contributed by atoms with Crippen molar-refractivity contribution in [3.63, 3.8) is 0 Å². The van der Waals surface area contributed by atoms with Crippen LogP contribution in [-0.2, 0) is 10.3 Å². The van der Waals surface area contributed by atoms with E-state index in [-0.39, 0.29) is 5.97 Å². The smallest absolute Gasteiger partial charge is 0.339 e. The summed E-state index contributed by atoms with van der Waals surface area (Å²) in [6.45, 7) is 6.03. The Morgan fingerprint density at radius 1 is 1.43 bits per heavy atom. The fraction of sp³-hybridized carbons (Fsp3) is 0.417. The monoisotopic (exact) mass is 190 g/mol. The fourth-order valence-corrected chi connectivity index (χ4v) is 1.85. The zero-order chi connectivity index (χ0) is 10.3. The Morgan fingerprint density at radius 2 is 2.14 bits per heavy atom. The van der Waals surface area contributed by atoms with E-state index >= 15 is 0 Å². The molecule has 1 aliphatic rings. The van der Waals surface area contributed by atoms with Gasteiger partial charge in [0.2, 0.25) is 0 Å². The highest BCUT2D eigenvalue weighted by Crippen LogP contribution is 2.38. The highest BCUT2D eigenvalue weighted by atomic mass is 16.6. The minimum absolute atomic E-state index is 0.190. The minimum atomic E-state index is -0.418. The second-order valence-electron chi connectivity index (χ2n) is 4.02. The number of esters is 1. The highest BCUT2D eigenvalue weighted by molar-refractivity contribution is 5.94. The molecule has 1 atom stereocenters. The van der Waals surface area contributed by atoms with E-state index in [0.717, 1.165) is 17.5 Å². The summed E-state index contributed by atoms with van der Waals surface area (Å²) < 4.78 is 5.38. The van der Waals surface area contributed by atoms with Crippen LogP contribution in [0.1, 0.15) is 41.8 Å². The number of carbonyl (C=O) groups is 1. The van der Waals surface area contributed by atoms with E-state index in [1.165, 1.54) is 5.56 Å². The van der Waals surface area contributed by atoms with Crippen LogP contribution in [0.2, 0.25) is 0 Å². The molecule has 0 saturated heterocycles. The number of hydrogen-bond donors (Lipinski definition) is 0. The van der Waals surface area contributed by atoms with Gasteiger partial charge in [0.25, 0.3) is 0 Å². The number of ether oxygens (including phenoxy) is 1. The van der Waals surface area contributed by atoms with Gasteiger partial charge in [0, 0.05) is 5.56 Å². The zero-order valence-corrected chi connectivity index (χ0v) is 8.76. The summed E-state index contributed by atoms with van der Waals surface area (Å²) in [7, 11) is 0. The lowest BCUT2D eigenvalue weighted by Crippen LogP contribution is -2.20. The topological polar surface area (TPSA) is 26.3 Å². The molecule has 2 rings (SSSR count). The maximum atomic E-state index is 11.5. The molecule has 2 nitrogen and oxygen atoms in total. The molecule has 0 amide bonds. The Labute approximate surface area is 83.9 Å². The lowest BCUT2D eigenvalue weighted by Gasteiger charge is -2.21. The summed E-state index contributed by atoms with van der Waals surface area (Å²) >= 11 is 0. The Bertz CT molecular complexity index is 395. The summed E-state index contributed by atoms with van der Waals surface area (Å²) in [6, 6.07) is 5.85. The summed E-state index contributed by atoms with van der Waals surface area (Å²) in [5.74, 6) is -0.190. The van der Waals surface area contributed by atoms with Crippen molar-refractivity contribution < 1.29 is 9.53 Å². The Morgan fingerprint density at radius 3 is 2.79 bits per heavy atom. The zero-order valence-electron chi connectivity index (χ0n) is 8.76. The third kappa shape index (κ3) is 1.14. The van der Waals surface area contributed by atoms with E-state index < -0.39 is 5.60 Å². The molecule has 1 unspecified atom stereocenters. The number of carbonyl (C=O) groups excluding carboxylic acids is 1. The molecule has 0 radical (unpaired) electrons. The third-order valence-electron chi connectivity index (χ3n) is 2.96. The average molecular weight is 190 g/mol. The van der Waals surface area contributed by atoms with Gasteiger partial charge in [-0.1, -0.05) is 24.6 Å². The number of aryl methyl sites for hydroxylation is 1. The van der Waals surface area contributed by atoms with E-state index in [0.29, 0.717) is 0 Å². The van der Waals surface area contributed by atoms with E-state index in [2.05, 4.69) is 0 Å². The van der Waals surface area contributed by atoms with Crippen LogP contribution >= 0.6 is 0 Å². The number of rotatable bonds is 1. The summed E-state index contributed by atoms with van der Waals surface area (Å²) in [6.07, 6.45) is 0.815. The number of hydrogen-bond acceptors (Lipinski definition) is 2. The largest absolute Gasteiger partial charge is 0.451 e. The van der Waals surface area contributed by atoms with Crippen molar-refractivity contribution in [2.75, 3.05) is 0 Å². The van der Waals surface area contributed by atoms with Gasteiger partial charge in [-0.25, -0.2) is 4.79 Å². The molecular weight excluding hydrogens is 176 g/mol. The van der Waals surface area contributed by atoms with Gasteiger partial charge in [-0.2, -0.15) is 0 Å². The fourth-order valence-electron chi connectivity index (χ4n) is 1.85. The van der Waals surface area contributed by atoms with Crippen molar-refractivity contribution in [2.45, 2.75) is 32.8 Å². The number of cyclic esters (lactones) is 1. The molecule has 2 heteroatoms. The van der Waals surface area contributed by atoms with Crippen LogP contribution in [-0.4, -0.2) is 5.97 Å². The van der Waals surface area contributed by atoms with Crippen LogP contribution in [0.15, 0.2) is 18.2 Å². The second kappa shape index (κ2) is 2.84. The number of benzene rings is 1. The van der Waals surface area contributed by atoms with E-state index in [1.54, 1.807) is 0 Å². The molecule has 1 aliphatic heterocycles. The van der Waals surface area contributed by atoms with Crippen molar-refractivity contribution in [3.8, 4) is 0 Å². The van der Waals surface area contributed by atoms with Crippen molar-refractivity contribution >= 4 is 5.97 Å². The Hall–Kier alpha value is -1.31. The molecule has 1 aromatic carbocycles.